The van der Waals surface area contributed by atoms with Crippen LogP contribution in [0.2, 0.25) is 5.02 Å². The Morgan fingerprint density at radius 1 is 1.18 bits per heavy atom. The molecule has 0 aliphatic carbocycles. The Labute approximate surface area is 170 Å². The lowest BCUT2D eigenvalue weighted by Crippen LogP contribution is -2.42. The van der Waals surface area contributed by atoms with Crippen molar-refractivity contribution in [3.63, 3.8) is 0 Å². The molecule has 3 N–H and O–H groups in total. The summed E-state index contributed by atoms with van der Waals surface area (Å²) in [5.41, 5.74) is 7.35. The van der Waals surface area contributed by atoms with Crippen molar-refractivity contribution in [2.24, 2.45) is 5.73 Å². The number of primary amides is 1. The number of nitrogens with two attached hydrogens (primary N) is 1. The molecule has 1 saturated heterocycles. The number of rotatable bonds is 9. The maximum Gasteiger partial charge on any atom is 0.255 e. The molecule has 0 saturated carbocycles. The van der Waals surface area contributed by atoms with E-state index in [9.17, 15) is 4.79 Å². The Kier molecular flexibility index (Phi) is 7.68. The van der Waals surface area contributed by atoms with Gasteiger partial charge in [0, 0.05) is 37.2 Å². The summed E-state index contributed by atoms with van der Waals surface area (Å²) in [6, 6.07) is 15.8. The van der Waals surface area contributed by atoms with Gasteiger partial charge in [-0.1, -0.05) is 41.9 Å². The first kappa shape index (κ1) is 20.6. The first-order valence-electron chi connectivity index (χ1n) is 9.40. The molecular formula is C21H26ClN3O3. The van der Waals surface area contributed by atoms with Crippen LogP contribution in [0.15, 0.2) is 48.5 Å². The molecule has 150 valence electrons. The number of halogens is 1. The Bertz CT molecular complexity index is 764. The van der Waals surface area contributed by atoms with Gasteiger partial charge in [-0.05, 0) is 29.3 Å². The molecular weight excluding hydrogens is 378 g/mol. The van der Waals surface area contributed by atoms with Gasteiger partial charge in [-0.15, -0.1) is 0 Å². The minimum Gasteiger partial charge on any atom is -0.484 e. The lowest BCUT2D eigenvalue weighted by molar-refractivity contribution is -0.119. The lowest BCUT2D eigenvalue weighted by Gasteiger charge is -2.35. The predicted octanol–water partition coefficient (Wildman–Crippen LogP) is 2.37. The molecule has 2 aromatic rings. The zero-order valence-corrected chi connectivity index (χ0v) is 16.5. The van der Waals surface area contributed by atoms with Crippen molar-refractivity contribution in [3.8, 4) is 5.75 Å². The molecule has 1 fully saturated rings. The van der Waals surface area contributed by atoms with Gasteiger partial charge in [0.1, 0.15) is 5.75 Å². The molecule has 1 heterocycles. The highest BCUT2D eigenvalue weighted by molar-refractivity contribution is 6.31. The van der Waals surface area contributed by atoms with Gasteiger partial charge >= 0.3 is 0 Å². The second kappa shape index (κ2) is 10.4. The van der Waals surface area contributed by atoms with Gasteiger partial charge in [0.15, 0.2) is 6.61 Å². The standard InChI is InChI=1S/C21H26ClN3O3/c22-19-4-2-1-3-18(19)20(25-9-11-27-12-10-25)14-24-13-16-5-7-17(8-6-16)28-15-21(23)26/h1-8,20,24H,9-15H2,(H2,23,26). The second-order valence-electron chi connectivity index (χ2n) is 6.72. The highest BCUT2D eigenvalue weighted by atomic mass is 35.5. The summed E-state index contributed by atoms with van der Waals surface area (Å²) in [7, 11) is 0. The Morgan fingerprint density at radius 2 is 1.89 bits per heavy atom. The van der Waals surface area contributed by atoms with Crippen LogP contribution >= 0.6 is 11.6 Å². The molecule has 1 atom stereocenters. The van der Waals surface area contributed by atoms with Gasteiger partial charge in [-0.2, -0.15) is 0 Å². The number of nitrogens with zero attached hydrogens (tertiary/aromatic N) is 1. The average Bonchev–Trinajstić information content (AvgIpc) is 2.72. The number of benzene rings is 2. The molecule has 0 radical (unpaired) electrons. The molecule has 1 aliphatic heterocycles. The third-order valence-corrected chi connectivity index (χ3v) is 5.07. The maximum absolute atomic E-state index is 10.8. The van der Waals surface area contributed by atoms with Crippen LogP contribution in [0.3, 0.4) is 0 Å². The van der Waals surface area contributed by atoms with Crippen molar-refractivity contribution >= 4 is 17.5 Å². The van der Waals surface area contributed by atoms with Crippen molar-refractivity contribution < 1.29 is 14.3 Å². The van der Waals surface area contributed by atoms with E-state index in [0.29, 0.717) is 5.75 Å². The first-order valence-corrected chi connectivity index (χ1v) is 9.78. The minimum atomic E-state index is -0.487. The van der Waals surface area contributed by atoms with Crippen LogP contribution in [-0.2, 0) is 16.1 Å². The zero-order valence-electron chi connectivity index (χ0n) is 15.8. The third kappa shape index (κ3) is 5.94. The van der Waals surface area contributed by atoms with Gasteiger partial charge in [-0.3, -0.25) is 9.69 Å². The van der Waals surface area contributed by atoms with Crippen molar-refractivity contribution in [1.29, 1.82) is 0 Å². The number of ether oxygens (including phenoxy) is 2. The van der Waals surface area contributed by atoms with E-state index in [1.54, 1.807) is 0 Å². The van der Waals surface area contributed by atoms with E-state index in [1.807, 2.05) is 42.5 Å². The van der Waals surface area contributed by atoms with Crippen LogP contribution in [0.25, 0.3) is 0 Å². The van der Waals surface area contributed by atoms with Gasteiger partial charge in [0.05, 0.1) is 13.2 Å². The number of amides is 1. The molecule has 2 aromatic carbocycles. The van der Waals surface area contributed by atoms with Crippen molar-refractivity contribution in [2.45, 2.75) is 12.6 Å². The summed E-state index contributed by atoms with van der Waals surface area (Å²) in [5.74, 6) is 0.143. The monoisotopic (exact) mass is 403 g/mol. The topological polar surface area (TPSA) is 76.8 Å². The Hall–Kier alpha value is -2.12. The van der Waals surface area contributed by atoms with Crippen LogP contribution in [0.4, 0.5) is 0 Å². The fraction of sp³-hybridized carbons (Fsp3) is 0.381. The van der Waals surface area contributed by atoms with E-state index < -0.39 is 5.91 Å². The normalized spacial score (nSPS) is 15.9. The third-order valence-electron chi connectivity index (χ3n) is 4.72. The van der Waals surface area contributed by atoms with Crippen molar-refractivity contribution in [1.82, 2.24) is 10.2 Å². The summed E-state index contributed by atoms with van der Waals surface area (Å²) < 4.78 is 10.8. The van der Waals surface area contributed by atoms with Crippen LogP contribution in [0, 0.1) is 0 Å². The molecule has 7 heteroatoms. The summed E-state index contributed by atoms with van der Waals surface area (Å²) in [6.45, 7) is 4.66. The summed E-state index contributed by atoms with van der Waals surface area (Å²) in [4.78, 5) is 13.2. The lowest BCUT2D eigenvalue weighted by atomic mass is 10.0. The van der Waals surface area contributed by atoms with E-state index in [2.05, 4.69) is 16.3 Å². The molecule has 0 bridgehead atoms. The van der Waals surface area contributed by atoms with Gasteiger partial charge in [-0.25, -0.2) is 0 Å². The van der Waals surface area contributed by atoms with Gasteiger partial charge < -0.3 is 20.5 Å². The van der Waals surface area contributed by atoms with E-state index in [4.69, 9.17) is 26.8 Å². The summed E-state index contributed by atoms with van der Waals surface area (Å²) in [6.07, 6.45) is 0. The van der Waals surface area contributed by atoms with Crippen LogP contribution < -0.4 is 15.8 Å². The van der Waals surface area contributed by atoms with Crippen LogP contribution in [-0.4, -0.2) is 50.3 Å². The first-order chi connectivity index (χ1) is 13.6. The largest absolute Gasteiger partial charge is 0.484 e. The highest BCUT2D eigenvalue weighted by Crippen LogP contribution is 2.27. The van der Waals surface area contributed by atoms with Gasteiger partial charge in [0.25, 0.3) is 5.91 Å². The molecule has 1 aliphatic rings. The molecule has 1 unspecified atom stereocenters. The van der Waals surface area contributed by atoms with Crippen LogP contribution in [0.5, 0.6) is 5.75 Å². The number of morpholine rings is 1. The molecule has 28 heavy (non-hydrogen) atoms. The van der Waals surface area contributed by atoms with Crippen molar-refractivity contribution in [3.05, 3.63) is 64.7 Å². The zero-order chi connectivity index (χ0) is 19.8. The number of hydrogen-bond acceptors (Lipinski definition) is 5. The minimum absolute atomic E-state index is 0.114. The van der Waals surface area contributed by atoms with Gasteiger partial charge in [0.2, 0.25) is 0 Å². The molecule has 1 amide bonds. The van der Waals surface area contributed by atoms with Crippen molar-refractivity contribution in [2.75, 3.05) is 39.5 Å². The average molecular weight is 404 g/mol. The number of hydrogen-bond donors (Lipinski definition) is 2. The van der Waals surface area contributed by atoms with E-state index in [0.717, 1.165) is 55.5 Å². The Morgan fingerprint density at radius 3 is 2.57 bits per heavy atom. The maximum atomic E-state index is 10.8. The summed E-state index contributed by atoms with van der Waals surface area (Å²) >= 11 is 6.47. The van der Waals surface area contributed by atoms with Crippen LogP contribution in [0.1, 0.15) is 17.2 Å². The summed E-state index contributed by atoms with van der Waals surface area (Å²) in [5, 5.41) is 4.33. The van der Waals surface area contributed by atoms with E-state index in [1.165, 1.54) is 0 Å². The SMILES string of the molecule is NC(=O)COc1ccc(CNCC(c2ccccc2Cl)N2CCOCC2)cc1. The van der Waals surface area contributed by atoms with E-state index in [-0.39, 0.29) is 12.6 Å². The predicted molar refractivity (Wildman–Crippen MR) is 109 cm³/mol. The molecule has 0 spiro atoms. The number of nitrogens with one attached hydrogen (secondary N) is 1. The fourth-order valence-corrected chi connectivity index (χ4v) is 3.54. The number of carbonyl (C=O) groups is 1. The molecule has 0 aromatic heterocycles. The number of carbonyl (C=O) groups excluding carboxylic acids is 1. The van der Waals surface area contributed by atoms with E-state index >= 15 is 0 Å². The molecule has 3 rings (SSSR count). The fourth-order valence-electron chi connectivity index (χ4n) is 3.28. The quantitative estimate of drug-likeness (QED) is 0.672. The smallest absolute Gasteiger partial charge is 0.255 e. The highest BCUT2D eigenvalue weighted by Gasteiger charge is 2.23. The molecule has 6 nitrogen and oxygen atoms in total. The second-order valence-corrected chi connectivity index (χ2v) is 7.12. The Balaban J connectivity index is 1.59.